The summed E-state index contributed by atoms with van der Waals surface area (Å²) in [6, 6.07) is 3.49. The fraction of sp³-hybridized carbons (Fsp3) is 0.200. The molecule has 1 atom stereocenters. The van der Waals surface area contributed by atoms with Gasteiger partial charge in [0.2, 0.25) is 0 Å². The van der Waals surface area contributed by atoms with Gasteiger partial charge >= 0.3 is 0 Å². The zero-order valence-corrected chi connectivity index (χ0v) is 9.23. The fourth-order valence-electron chi connectivity index (χ4n) is 1.35. The summed E-state index contributed by atoms with van der Waals surface area (Å²) in [5.41, 5.74) is 7.10. The summed E-state index contributed by atoms with van der Waals surface area (Å²) < 4.78 is 5.33. The maximum Gasteiger partial charge on any atom is 0.128 e. The lowest BCUT2D eigenvalue weighted by molar-refractivity contribution is 0.489. The molecule has 2 rings (SSSR count). The molecule has 0 saturated heterocycles. The molecule has 2 aromatic heterocycles. The quantitative estimate of drug-likeness (QED) is 0.855. The second kappa shape index (κ2) is 3.77. The molecule has 0 aliphatic heterocycles. The van der Waals surface area contributed by atoms with E-state index >= 15 is 0 Å². The van der Waals surface area contributed by atoms with Crippen LogP contribution in [-0.4, -0.2) is 0 Å². The van der Waals surface area contributed by atoms with Crippen molar-refractivity contribution in [1.82, 2.24) is 0 Å². The molecular weight excluding hydrogens is 218 g/mol. The summed E-state index contributed by atoms with van der Waals surface area (Å²) in [4.78, 5) is 0.949. The predicted octanol–water partition coefficient (Wildman–Crippen LogP) is 3.35. The van der Waals surface area contributed by atoms with Crippen molar-refractivity contribution in [3.63, 3.8) is 0 Å². The fourth-order valence-corrected chi connectivity index (χ4v) is 2.52. The second-order valence-corrected chi connectivity index (χ2v) is 4.43. The summed E-state index contributed by atoms with van der Waals surface area (Å²) in [5.74, 6) is 0.786. The van der Waals surface area contributed by atoms with Crippen molar-refractivity contribution in [2.75, 3.05) is 0 Å². The minimum atomic E-state index is -0.252. The Morgan fingerprint density at radius 1 is 1.50 bits per heavy atom. The molecule has 74 valence electrons. The van der Waals surface area contributed by atoms with E-state index in [1.54, 1.807) is 17.6 Å². The lowest BCUT2D eigenvalue weighted by Crippen LogP contribution is -2.10. The van der Waals surface area contributed by atoms with Crippen LogP contribution in [0.4, 0.5) is 0 Å². The minimum absolute atomic E-state index is 0.252. The molecule has 2 N–H and O–H groups in total. The molecule has 2 aromatic rings. The average molecular weight is 228 g/mol. The molecule has 0 fully saturated rings. The van der Waals surface area contributed by atoms with Gasteiger partial charge in [0.15, 0.2) is 0 Å². The van der Waals surface area contributed by atoms with Gasteiger partial charge in [-0.2, -0.15) is 0 Å². The topological polar surface area (TPSA) is 39.2 Å². The smallest absolute Gasteiger partial charge is 0.128 e. The highest BCUT2D eigenvalue weighted by atomic mass is 35.5. The van der Waals surface area contributed by atoms with Gasteiger partial charge in [0.1, 0.15) is 5.76 Å². The molecule has 0 aromatic carbocycles. The van der Waals surface area contributed by atoms with Crippen LogP contribution in [0.2, 0.25) is 5.02 Å². The Kier molecular flexibility index (Phi) is 2.63. The van der Waals surface area contributed by atoms with Gasteiger partial charge in [-0.05, 0) is 30.0 Å². The van der Waals surface area contributed by atoms with E-state index in [-0.39, 0.29) is 6.04 Å². The van der Waals surface area contributed by atoms with Gasteiger partial charge < -0.3 is 10.2 Å². The van der Waals surface area contributed by atoms with E-state index in [1.807, 2.05) is 24.4 Å². The van der Waals surface area contributed by atoms with Crippen LogP contribution in [0.5, 0.6) is 0 Å². The van der Waals surface area contributed by atoms with Crippen molar-refractivity contribution in [3.8, 4) is 0 Å². The predicted molar refractivity (Wildman–Crippen MR) is 58.8 cm³/mol. The van der Waals surface area contributed by atoms with Crippen LogP contribution in [0.15, 0.2) is 28.2 Å². The molecular formula is C10H10ClNOS. The second-order valence-electron chi connectivity index (χ2n) is 3.08. The van der Waals surface area contributed by atoms with E-state index in [4.69, 9.17) is 21.8 Å². The van der Waals surface area contributed by atoms with Crippen LogP contribution in [0.1, 0.15) is 22.2 Å². The number of furan rings is 1. The first-order chi connectivity index (χ1) is 6.70. The van der Waals surface area contributed by atoms with Gasteiger partial charge in [-0.1, -0.05) is 11.6 Å². The molecule has 4 heteroatoms. The Labute approximate surface area is 91.3 Å². The van der Waals surface area contributed by atoms with Crippen LogP contribution < -0.4 is 5.73 Å². The van der Waals surface area contributed by atoms with Gasteiger partial charge in [-0.25, -0.2) is 0 Å². The number of hydrogen-bond acceptors (Lipinski definition) is 3. The molecule has 0 spiro atoms. The summed E-state index contributed by atoms with van der Waals surface area (Å²) in [5, 5.41) is 2.63. The highest BCUT2D eigenvalue weighted by Gasteiger charge is 2.18. The van der Waals surface area contributed by atoms with Crippen LogP contribution in [0.25, 0.3) is 0 Å². The van der Waals surface area contributed by atoms with Crippen molar-refractivity contribution >= 4 is 22.9 Å². The maximum absolute atomic E-state index is 6.04. The number of aryl methyl sites for hydroxylation is 1. The Morgan fingerprint density at radius 3 is 2.79 bits per heavy atom. The normalized spacial score (nSPS) is 13.1. The van der Waals surface area contributed by atoms with E-state index < -0.39 is 0 Å². The monoisotopic (exact) mass is 227 g/mol. The lowest BCUT2D eigenvalue weighted by Gasteiger charge is -2.08. The molecule has 2 heterocycles. The van der Waals surface area contributed by atoms with Crippen LogP contribution in [-0.2, 0) is 0 Å². The van der Waals surface area contributed by atoms with Crippen molar-refractivity contribution < 1.29 is 4.42 Å². The zero-order valence-electron chi connectivity index (χ0n) is 7.66. The highest BCUT2D eigenvalue weighted by molar-refractivity contribution is 7.10. The molecule has 14 heavy (non-hydrogen) atoms. The standard InChI is InChI=1S/C10H10ClNOS/c1-6-2-4-13-9(6)8(12)10-7(11)3-5-14-10/h2-5,8H,12H2,1H3. The highest BCUT2D eigenvalue weighted by Crippen LogP contribution is 2.32. The number of rotatable bonds is 2. The summed E-state index contributed by atoms with van der Waals surface area (Å²) >= 11 is 7.54. The van der Waals surface area contributed by atoms with Crippen LogP contribution in [0.3, 0.4) is 0 Å². The lowest BCUT2D eigenvalue weighted by atomic mass is 10.1. The summed E-state index contributed by atoms with van der Waals surface area (Å²) in [6.45, 7) is 1.97. The van der Waals surface area contributed by atoms with E-state index in [9.17, 15) is 0 Å². The zero-order chi connectivity index (χ0) is 10.1. The Hall–Kier alpha value is -0.770. The first-order valence-electron chi connectivity index (χ1n) is 4.22. The molecule has 0 bridgehead atoms. The van der Waals surface area contributed by atoms with Gasteiger partial charge in [-0.3, -0.25) is 0 Å². The molecule has 1 unspecified atom stereocenters. The minimum Gasteiger partial charge on any atom is -0.467 e. The molecule has 0 radical (unpaired) electrons. The molecule has 0 saturated carbocycles. The maximum atomic E-state index is 6.04. The van der Waals surface area contributed by atoms with E-state index in [2.05, 4.69) is 0 Å². The van der Waals surface area contributed by atoms with E-state index in [0.29, 0.717) is 5.02 Å². The van der Waals surface area contributed by atoms with E-state index in [0.717, 1.165) is 16.2 Å². The average Bonchev–Trinajstić information content (AvgIpc) is 2.73. The van der Waals surface area contributed by atoms with Crippen molar-refractivity contribution in [2.24, 2.45) is 5.73 Å². The molecule has 0 amide bonds. The molecule has 2 nitrogen and oxygen atoms in total. The van der Waals surface area contributed by atoms with Crippen LogP contribution >= 0.6 is 22.9 Å². The molecule has 0 aliphatic carbocycles. The Balaban J connectivity index is 2.38. The van der Waals surface area contributed by atoms with Crippen molar-refractivity contribution in [2.45, 2.75) is 13.0 Å². The van der Waals surface area contributed by atoms with Crippen molar-refractivity contribution in [1.29, 1.82) is 0 Å². The van der Waals surface area contributed by atoms with Gasteiger partial charge in [0.05, 0.1) is 17.3 Å². The number of halogens is 1. The van der Waals surface area contributed by atoms with E-state index in [1.165, 1.54) is 0 Å². The third-order valence-electron chi connectivity index (χ3n) is 2.11. The number of hydrogen-bond donors (Lipinski definition) is 1. The summed E-state index contributed by atoms with van der Waals surface area (Å²) in [6.07, 6.45) is 1.64. The third kappa shape index (κ3) is 1.59. The summed E-state index contributed by atoms with van der Waals surface area (Å²) in [7, 11) is 0. The first-order valence-corrected chi connectivity index (χ1v) is 5.48. The molecule has 0 aliphatic rings. The first kappa shape index (κ1) is 9.77. The van der Waals surface area contributed by atoms with Crippen LogP contribution in [0, 0.1) is 6.92 Å². The van der Waals surface area contributed by atoms with Crippen molar-refractivity contribution in [3.05, 3.63) is 45.0 Å². The Bertz CT molecular complexity index is 395. The van der Waals surface area contributed by atoms with Gasteiger partial charge in [0, 0.05) is 4.88 Å². The number of thiophene rings is 1. The SMILES string of the molecule is Cc1ccoc1C(N)c1sccc1Cl. The third-order valence-corrected chi connectivity index (χ3v) is 3.55. The Morgan fingerprint density at radius 2 is 2.29 bits per heavy atom. The largest absolute Gasteiger partial charge is 0.467 e. The number of nitrogens with two attached hydrogens (primary N) is 1. The van der Waals surface area contributed by atoms with Gasteiger partial charge in [0.25, 0.3) is 0 Å². The van der Waals surface area contributed by atoms with Gasteiger partial charge in [-0.15, -0.1) is 11.3 Å².